The standard InChI is InChI=1S/C14H15NO2S/c1-2-3-8-18-13-11(14(16)17)9-10-6-4-5-7-12(10)15-13/h4-7,9H,2-3,8H2,1H3,(H,16,17). The van der Waals surface area contributed by atoms with Crippen LogP contribution in [0.2, 0.25) is 0 Å². The first-order chi connectivity index (χ1) is 8.72. The highest BCUT2D eigenvalue weighted by Gasteiger charge is 2.13. The Morgan fingerprint density at radius 1 is 1.39 bits per heavy atom. The quantitative estimate of drug-likeness (QED) is 0.656. The van der Waals surface area contributed by atoms with Crippen LogP contribution >= 0.6 is 11.8 Å². The maximum absolute atomic E-state index is 11.2. The number of benzene rings is 1. The van der Waals surface area contributed by atoms with Crippen molar-refractivity contribution in [3.05, 3.63) is 35.9 Å². The van der Waals surface area contributed by atoms with Crippen molar-refractivity contribution in [2.45, 2.75) is 24.8 Å². The summed E-state index contributed by atoms with van der Waals surface area (Å²) in [7, 11) is 0. The molecule has 0 atom stereocenters. The van der Waals surface area contributed by atoms with E-state index in [0.29, 0.717) is 10.6 Å². The number of unbranched alkanes of at least 4 members (excludes halogenated alkanes) is 1. The average Bonchev–Trinajstić information content (AvgIpc) is 2.38. The van der Waals surface area contributed by atoms with E-state index in [1.165, 1.54) is 11.8 Å². The molecule has 0 aliphatic heterocycles. The lowest BCUT2D eigenvalue weighted by Gasteiger charge is -2.06. The molecule has 4 heteroatoms. The van der Waals surface area contributed by atoms with Crippen LogP contribution in [0, 0.1) is 0 Å². The molecule has 0 saturated carbocycles. The second-order valence-electron chi connectivity index (χ2n) is 4.04. The Hall–Kier alpha value is -1.55. The van der Waals surface area contributed by atoms with Gasteiger partial charge in [-0.2, -0.15) is 0 Å². The highest BCUT2D eigenvalue weighted by molar-refractivity contribution is 7.99. The summed E-state index contributed by atoms with van der Waals surface area (Å²) < 4.78 is 0. The molecule has 0 radical (unpaired) electrons. The van der Waals surface area contributed by atoms with Crippen molar-refractivity contribution in [3.8, 4) is 0 Å². The zero-order valence-electron chi connectivity index (χ0n) is 10.2. The molecule has 1 heterocycles. The zero-order valence-corrected chi connectivity index (χ0v) is 11.0. The molecule has 0 aliphatic carbocycles. The third-order valence-corrected chi connectivity index (χ3v) is 3.73. The minimum absolute atomic E-state index is 0.301. The van der Waals surface area contributed by atoms with Gasteiger partial charge in [-0.1, -0.05) is 31.5 Å². The molecule has 0 amide bonds. The van der Waals surface area contributed by atoms with Crippen molar-refractivity contribution in [1.82, 2.24) is 4.98 Å². The lowest BCUT2D eigenvalue weighted by molar-refractivity contribution is 0.0692. The summed E-state index contributed by atoms with van der Waals surface area (Å²) in [5, 5.41) is 10.7. The fourth-order valence-corrected chi connectivity index (χ4v) is 2.77. The van der Waals surface area contributed by atoms with Crippen LogP contribution in [0.4, 0.5) is 0 Å². The number of thioether (sulfide) groups is 1. The number of aromatic nitrogens is 1. The van der Waals surface area contributed by atoms with E-state index in [1.54, 1.807) is 6.07 Å². The van der Waals surface area contributed by atoms with Gasteiger partial charge in [-0.15, -0.1) is 11.8 Å². The number of rotatable bonds is 5. The second-order valence-corrected chi connectivity index (χ2v) is 5.12. The van der Waals surface area contributed by atoms with Gasteiger partial charge in [-0.3, -0.25) is 0 Å². The fraction of sp³-hybridized carbons (Fsp3) is 0.286. The third-order valence-electron chi connectivity index (χ3n) is 2.66. The Kier molecular flexibility index (Phi) is 4.20. The van der Waals surface area contributed by atoms with Crippen LogP contribution in [0.5, 0.6) is 0 Å². The highest BCUT2D eigenvalue weighted by Crippen LogP contribution is 2.25. The number of pyridine rings is 1. The van der Waals surface area contributed by atoms with E-state index in [4.69, 9.17) is 0 Å². The Morgan fingerprint density at radius 2 is 2.17 bits per heavy atom. The van der Waals surface area contributed by atoms with Gasteiger partial charge in [0.2, 0.25) is 0 Å². The largest absolute Gasteiger partial charge is 0.478 e. The van der Waals surface area contributed by atoms with Gasteiger partial charge in [-0.25, -0.2) is 9.78 Å². The van der Waals surface area contributed by atoms with Gasteiger partial charge < -0.3 is 5.11 Å². The van der Waals surface area contributed by atoms with E-state index in [9.17, 15) is 9.90 Å². The molecule has 1 N–H and O–H groups in total. The molecule has 0 bridgehead atoms. The SMILES string of the molecule is CCCCSc1nc2ccccc2cc1C(=O)O. The first-order valence-electron chi connectivity index (χ1n) is 5.98. The van der Waals surface area contributed by atoms with Crippen LogP contribution in [0.1, 0.15) is 30.1 Å². The summed E-state index contributed by atoms with van der Waals surface area (Å²) in [6.45, 7) is 2.12. The van der Waals surface area contributed by atoms with Crippen LogP contribution in [-0.4, -0.2) is 21.8 Å². The summed E-state index contributed by atoms with van der Waals surface area (Å²) in [5.74, 6) is -0.00507. The molecule has 1 aromatic heterocycles. The molecule has 0 saturated heterocycles. The Labute approximate surface area is 110 Å². The predicted octanol–water partition coefficient (Wildman–Crippen LogP) is 3.83. The molecule has 0 unspecified atom stereocenters. The van der Waals surface area contributed by atoms with Crippen molar-refractivity contribution in [3.63, 3.8) is 0 Å². The van der Waals surface area contributed by atoms with Crippen molar-refractivity contribution in [1.29, 1.82) is 0 Å². The molecule has 3 nitrogen and oxygen atoms in total. The van der Waals surface area contributed by atoms with Crippen LogP contribution < -0.4 is 0 Å². The maximum Gasteiger partial charge on any atom is 0.338 e. The van der Waals surface area contributed by atoms with Crippen LogP contribution in [0.15, 0.2) is 35.4 Å². The summed E-state index contributed by atoms with van der Waals surface area (Å²) >= 11 is 1.52. The maximum atomic E-state index is 11.2. The van der Waals surface area contributed by atoms with Crippen molar-refractivity contribution in [2.24, 2.45) is 0 Å². The van der Waals surface area contributed by atoms with Gasteiger partial charge in [0.1, 0.15) is 5.03 Å². The minimum atomic E-state index is -0.910. The third kappa shape index (κ3) is 2.82. The topological polar surface area (TPSA) is 50.2 Å². The first-order valence-corrected chi connectivity index (χ1v) is 6.97. The highest BCUT2D eigenvalue weighted by atomic mass is 32.2. The number of carbonyl (C=O) groups is 1. The molecule has 94 valence electrons. The number of nitrogens with zero attached hydrogens (tertiary/aromatic N) is 1. The van der Waals surface area contributed by atoms with E-state index in [2.05, 4.69) is 11.9 Å². The van der Waals surface area contributed by atoms with Gasteiger partial charge in [0.15, 0.2) is 0 Å². The number of fused-ring (bicyclic) bond motifs is 1. The van der Waals surface area contributed by atoms with E-state index in [1.807, 2.05) is 24.3 Å². The van der Waals surface area contributed by atoms with Crippen LogP contribution in [0.25, 0.3) is 10.9 Å². The molecule has 0 fully saturated rings. The average molecular weight is 261 g/mol. The van der Waals surface area contributed by atoms with Gasteiger partial charge in [0.05, 0.1) is 11.1 Å². The van der Waals surface area contributed by atoms with Crippen molar-refractivity contribution >= 4 is 28.6 Å². The normalized spacial score (nSPS) is 10.7. The van der Waals surface area contributed by atoms with E-state index in [0.717, 1.165) is 29.5 Å². The Balaban J connectivity index is 2.41. The van der Waals surface area contributed by atoms with Crippen LogP contribution in [-0.2, 0) is 0 Å². The van der Waals surface area contributed by atoms with Gasteiger partial charge in [-0.05, 0) is 24.3 Å². The molecular weight excluding hydrogens is 246 g/mol. The summed E-state index contributed by atoms with van der Waals surface area (Å²) in [6, 6.07) is 9.30. The molecule has 2 rings (SSSR count). The smallest absolute Gasteiger partial charge is 0.338 e. The molecular formula is C14H15NO2S. The number of hydrogen-bond donors (Lipinski definition) is 1. The van der Waals surface area contributed by atoms with Crippen LogP contribution in [0.3, 0.4) is 0 Å². The van der Waals surface area contributed by atoms with E-state index in [-0.39, 0.29) is 0 Å². The summed E-state index contributed by atoms with van der Waals surface area (Å²) in [6.07, 6.45) is 2.17. The molecule has 0 aliphatic rings. The van der Waals surface area contributed by atoms with Crippen molar-refractivity contribution in [2.75, 3.05) is 5.75 Å². The monoisotopic (exact) mass is 261 g/mol. The number of para-hydroxylation sites is 1. The molecule has 18 heavy (non-hydrogen) atoms. The number of hydrogen-bond acceptors (Lipinski definition) is 3. The summed E-state index contributed by atoms with van der Waals surface area (Å²) in [5.41, 5.74) is 1.15. The van der Waals surface area contributed by atoms with E-state index < -0.39 is 5.97 Å². The summed E-state index contributed by atoms with van der Waals surface area (Å²) in [4.78, 5) is 15.7. The van der Waals surface area contributed by atoms with Gasteiger partial charge >= 0.3 is 5.97 Å². The number of carboxylic acids is 1. The second kappa shape index (κ2) is 5.87. The molecule has 2 aromatic rings. The van der Waals surface area contributed by atoms with Crippen molar-refractivity contribution < 1.29 is 9.90 Å². The fourth-order valence-electron chi connectivity index (χ4n) is 1.67. The molecule has 1 aromatic carbocycles. The zero-order chi connectivity index (χ0) is 13.0. The minimum Gasteiger partial charge on any atom is -0.478 e. The first kappa shape index (κ1) is 12.9. The number of aromatic carboxylic acids is 1. The predicted molar refractivity (Wildman–Crippen MR) is 74.3 cm³/mol. The lowest BCUT2D eigenvalue weighted by Crippen LogP contribution is -2.01. The Bertz CT molecular complexity index is 569. The molecule has 0 spiro atoms. The van der Waals surface area contributed by atoms with Gasteiger partial charge in [0.25, 0.3) is 0 Å². The van der Waals surface area contributed by atoms with E-state index >= 15 is 0 Å². The van der Waals surface area contributed by atoms with Gasteiger partial charge in [0, 0.05) is 5.39 Å². The lowest BCUT2D eigenvalue weighted by atomic mass is 10.1. The number of carboxylic acid groups (broad SMARTS) is 1. The Morgan fingerprint density at radius 3 is 2.89 bits per heavy atom.